The highest BCUT2D eigenvalue weighted by Crippen LogP contribution is 2.33. The molecule has 1 aromatic heterocycles. The first-order valence-corrected chi connectivity index (χ1v) is 9.06. The molecule has 0 N–H and O–H groups in total. The molecule has 1 fully saturated rings. The van der Waals surface area contributed by atoms with Crippen LogP contribution in [0.15, 0.2) is 65.7 Å². The zero-order valence-electron chi connectivity index (χ0n) is 13.7. The van der Waals surface area contributed by atoms with Gasteiger partial charge in [0.15, 0.2) is 0 Å². The second-order valence-electron chi connectivity index (χ2n) is 6.30. The number of amides is 1. The molecule has 2 heterocycles. The van der Waals surface area contributed by atoms with E-state index in [1.807, 2.05) is 53.4 Å². The maximum Gasteiger partial charge on any atom is 0.227 e. The molecule has 1 aliphatic rings. The Morgan fingerprint density at radius 2 is 1.88 bits per heavy atom. The van der Waals surface area contributed by atoms with Gasteiger partial charge in [0.25, 0.3) is 0 Å². The van der Waals surface area contributed by atoms with Crippen molar-refractivity contribution >= 4 is 38.6 Å². The summed E-state index contributed by atoms with van der Waals surface area (Å²) in [6.07, 6.45) is 0.479. The van der Waals surface area contributed by atoms with Gasteiger partial charge in [-0.1, -0.05) is 52.8 Å². The number of allylic oxidation sites excluding steroid dienone is 1. The number of aromatic nitrogens is 2. The monoisotopic (exact) mass is 395 g/mol. The summed E-state index contributed by atoms with van der Waals surface area (Å²) in [6, 6.07) is 17.9. The van der Waals surface area contributed by atoms with Gasteiger partial charge in [-0.25, -0.2) is 4.98 Å². The second kappa shape index (κ2) is 6.48. The Balaban J connectivity index is 1.73. The third-order valence-electron chi connectivity index (χ3n) is 4.57. The molecule has 1 amide bonds. The van der Waals surface area contributed by atoms with Crippen LogP contribution in [0.4, 0.5) is 5.69 Å². The summed E-state index contributed by atoms with van der Waals surface area (Å²) in [4.78, 5) is 19.3. The van der Waals surface area contributed by atoms with Crippen LogP contribution >= 0.6 is 15.9 Å². The standard InChI is InChI=1S/C20H18BrN3O/c1-14(21)12-24-18-10-6-5-9-17(18)22-20(24)15-11-19(25)23(13-15)16-7-3-2-4-8-16/h2-10,15H,1,11-13H2. The largest absolute Gasteiger partial charge is 0.323 e. The quantitative estimate of drug-likeness (QED) is 0.653. The van der Waals surface area contributed by atoms with Crippen molar-refractivity contribution in [1.29, 1.82) is 0 Å². The molecule has 25 heavy (non-hydrogen) atoms. The molecular weight excluding hydrogens is 378 g/mol. The average molecular weight is 396 g/mol. The van der Waals surface area contributed by atoms with Crippen LogP contribution in [0, 0.1) is 0 Å². The van der Waals surface area contributed by atoms with Gasteiger partial charge in [0, 0.05) is 29.1 Å². The van der Waals surface area contributed by atoms with Gasteiger partial charge < -0.3 is 9.47 Å². The van der Waals surface area contributed by atoms with Crippen molar-refractivity contribution in [3.63, 3.8) is 0 Å². The van der Waals surface area contributed by atoms with E-state index in [0.29, 0.717) is 19.5 Å². The van der Waals surface area contributed by atoms with Crippen molar-refractivity contribution in [3.05, 3.63) is 71.5 Å². The van der Waals surface area contributed by atoms with Crippen molar-refractivity contribution in [1.82, 2.24) is 9.55 Å². The molecule has 0 spiro atoms. The minimum atomic E-state index is 0.0759. The van der Waals surface area contributed by atoms with Crippen LogP contribution in [0.5, 0.6) is 0 Å². The van der Waals surface area contributed by atoms with E-state index in [0.717, 1.165) is 27.0 Å². The van der Waals surface area contributed by atoms with Crippen LogP contribution in [0.25, 0.3) is 11.0 Å². The molecule has 1 atom stereocenters. The fourth-order valence-electron chi connectivity index (χ4n) is 3.48. The Bertz CT molecular complexity index is 948. The molecule has 1 saturated heterocycles. The second-order valence-corrected chi connectivity index (χ2v) is 7.42. The lowest BCUT2D eigenvalue weighted by Crippen LogP contribution is -2.24. The summed E-state index contributed by atoms with van der Waals surface area (Å²) in [5, 5.41) is 0. The fourth-order valence-corrected chi connectivity index (χ4v) is 3.73. The highest BCUT2D eigenvalue weighted by molar-refractivity contribution is 9.11. The topological polar surface area (TPSA) is 38.1 Å². The highest BCUT2D eigenvalue weighted by Gasteiger charge is 2.34. The van der Waals surface area contributed by atoms with E-state index in [1.165, 1.54) is 0 Å². The van der Waals surface area contributed by atoms with Gasteiger partial charge in [-0.05, 0) is 24.3 Å². The summed E-state index contributed by atoms with van der Waals surface area (Å²) in [7, 11) is 0. The lowest BCUT2D eigenvalue weighted by Gasteiger charge is -2.17. The van der Waals surface area contributed by atoms with E-state index < -0.39 is 0 Å². The number of halogens is 1. The van der Waals surface area contributed by atoms with E-state index in [2.05, 4.69) is 33.1 Å². The van der Waals surface area contributed by atoms with Gasteiger partial charge in [0.1, 0.15) is 5.82 Å². The van der Waals surface area contributed by atoms with E-state index in [4.69, 9.17) is 4.98 Å². The molecule has 3 aromatic rings. The molecule has 4 rings (SSSR count). The third kappa shape index (κ3) is 3.00. The first-order valence-electron chi connectivity index (χ1n) is 8.27. The highest BCUT2D eigenvalue weighted by atomic mass is 79.9. The van der Waals surface area contributed by atoms with Crippen LogP contribution in [-0.4, -0.2) is 22.0 Å². The number of hydrogen-bond acceptors (Lipinski definition) is 2. The van der Waals surface area contributed by atoms with Crippen LogP contribution in [0.2, 0.25) is 0 Å². The van der Waals surface area contributed by atoms with Gasteiger partial charge in [0.05, 0.1) is 17.6 Å². The Morgan fingerprint density at radius 1 is 1.16 bits per heavy atom. The lowest BCUT2D eigenvalue weighted by molar-refractivity contribution is -0.117. The van der Waals surface area contributed by atoms with Crippen molar-refractivity contribution in [2.75, 3.05) is 11.4 Å². The number of benzene rings is 2. The molecule has 126 valence electrons. The van der Waals surface area contributed by atoms with E-state index in [-0.39, 0.29) is 11.8 Å². The van der Waals surface area contributed by atoms with Crippen LogP contribution < -0.4 is 4.90 Å². The maximum absolute atomic E-state index is 12.6. The summed E-state index contributed by atoms with van der Waals surface area (Å²) >= 11 is 3.46. The van der Waals surface area contributed by atoms with Crippen molar-refractivity contribution in [3.8, 4) is 0 Å². The number of fused-ring (bicyclic) bond motifs is 1. The van der Waals surface area contributed by atoms with Crippen LogP contribution in [-0.2, 0) is 11.3 Å². The number of imidazole rings is 1. The van der Waals surface area contributed by atoms with Gasteiger partial charge in [-0.2, -0.15) is 0 Å². The zero-order chi connectivity index (χ0) is 17.4. The third-order valence-corrected chi connectivity index (χ3v) is 4.82. The molecule has 1 aliphatic heterocycles. The van der Waals surface area contributed by atoms with Crippen molar-refractivity contribution in [2.45, 2.75) is 18.9 Å². The number of carbonyl (C=O) groups is 1. The zero-order valence-corrected chi connectivity index (χ0v) is 15.3. The first kappa shape index (κ1) is 16.1. The number of nitrogens with zero attached hydrogens (tertiary/aromatic N) is 3. The van der Waals surface area contributed by atoms with Gasteiger partial charge in [-0.15, -0.1) is 0 Å². The SMILES string of the molecule is C=C(Br)Cn1c(C2CC(=O)N(c3ccccc3)C2)nc2ccccc21. The normalized spacial score (nSPS) is 17.4. The summed E-state index contributed by atoms with van der Waals surface area (Å²) in [5.74, 6) is 1.17. The van der Waals surface area contributed by atoms with Crippen molar-refractivity contribution in [2.24, 2.45) is 0 Å². The lowest BCUT2D eigenvalue weighted by atomic mass is 10.1. The molecule has 0 saturated carbocycles. The molecule has 0 aliphatic carbocycles. The van der Waals surface area contributed by atoms with Crippen LogP contribution in [0.3, 0.4) is 0 Å². The Labute approximate surface area is 154 Å². The molecular formula is C20H18BrN3O. The van der Waals surface area contributed by atoms with E-state index >= 15 is 0 Å². The number of para-hydroxylation sites is 3. The number of carbonyl (C=O) groups excluding carboxylic acids is 1. The molecule has 0 radical (unpaired) electrons. The number of rotatable bonds is 4. The van der Waals surface area contributed by atoms with Gasteiger partial charge in [-0.3, -0.25) is 4.79 Å². The number of anilines is 1. The predicted molar refractivity (Wildman–Crippen MR) is 104 cm³/mol. The average Bonchev–Trinajstić information content (AvgIpc) is 3.16. The predicted octanol–water partition coefficient (Wildman–Crippen LogP) is 4.47. The Morgan fingerprint density at radius 3 is 2.64 bits per heavy atom. The molecule has 4 nitrogen and oxygen atoms in total. The minimum absolute atomic E-state index is 0.0759. The summed E-state index contributed by atoms with van der Waals surface area (Å²) in [5.41, 5.74) is 2.98. The Hall–Kier alpha value is -2.40. The van der Waals surface area contributed by atoms with Gasteiger partial charge in [0.2, 0.25) is 5.91 Å². The Kier molecular flexibility index (Phi) is 4.17. The molecule has 1 unspecified atom stereocenters. The van der Waals surface area contributed by atoms with Crippen LogP contribution in [0.1, 0.15) is 18.2 Å². The fraction of sp³-hybridized carbons (Fsp3) is 0.200. The smallest absolute Gasteiger partial charge is 0.227 e. The summed E-state index contributed by atoms with van der Waals surface area (Å²) < 4.78 is 3.06. The van der Waals surface area contributed by atoms with E-state index in [1.54, 1.807) is 0 Å². The van der Waals surface area contributed by atoms with Gasteiger partial charge >= 0.3 is 0 Å². The molecule has 2 aromatic carbocycles. The van der Waals surface area contributed by atoms with E-state index in [9.17, 15) is 4.79 Å². The summed E-state index contributed by atoms with van der Waals surface area (Å²) in [6.45, 7) is 5.27. The molecule has 0 bridgehead atoms. The maximum atomic E-state index is 12.6. The first-order chi connectivity index (χ1) is 12.1. The minimum Gasteiger partial charge on any atom is -0.323 e. The molecule has 5 heteroatoms. The number of hydrogen-bond donors (Lipinski definition) is 0. The van der Waals surface area contributed by atoms with Crippen molar-refractivity contribution < 1.29 is 4.79 Å².